The highest BCUT2D eigenvalue weighted by Crippen LogP contribution is 2.34. The minimum absolute atomic E-state index is 0.144. The van der Waals surface area contributed by atoms with E-state index in [0.717, 1.165) is 17.7 Å². The number of aromatic nitrogens is 1. The molecule has 0 saturated heterocycles. The van der Waals surface area contributed by atoms with Gasteiger partial charge in [-0.25, -0.2) is 4.39 Å². The summed E-state index contributed by atoms with van der Waals surface area (Å²) in [5, 5.41) is 0. The Morgan fingerprint density at radius 1 is 1.37 bits per heavy atom. The normalized spacial score (nSPS) is 17.2. The summed E-state index contributed by atoms with van der Waals surface area (Å²) in [4.78, 5) is 16.8. The number of halogens is 1. The van der Waals surface area contributed by atoms with Gasteiger partial charge < -0.3 is 5.73 Å². The van der Waals surface area contributed by atoms with Gasteiger partial charge in [-0.05, 0) is 42.7 Å². The number of carbonyl (C=O) groups is 1. The number of nitrogen functional groups attached to an aromatic ring is 1. The van der Waals surface area contributed by atoms with Crippen molar-refractivity contribution < 1.29 is 9.18 Å². The third-order valence-electron chi connectivity index (χ3n) is 3.56. The molecular weight excluding hydrogens is 243 g/mol. The molecule has 2 N–H and O–H groups in total. The zero-order chi connectivity index (χ0) is 13.4. The monoisotopic (exact) mass is 256 g/mol. The Kier molecular flexibility index (Phi) is 2.78. The summed E-state index contributed by atoms with van der Waals surface area (Å²) in [6.45, 7) is 0. The number of rotatable bonds is 2. The standard InChI is InChI=1S/C15H13FN2O/c16-10-4-6-13(17)12(8-10)15(19)11-5-3-9-2-1-7-18-14(9)11/h1-2,4,6-8,11H,3,5,17H2. The predicted molar refractivity (Wildman–Crippen MR) is 70.4 cm³/mol. The lowest BCUT2D eigenvalue weighted by atomic mass is 9.94. The Hall–Kier alpha value is -2.23. The van der Waals surface area contributed by atoms with E-state index in [4.69, 9.17) is 5.73 Å². The van der Waals surface area contributed by atoms with E-state index >= 15 is 0 Å². The number of aryl methyl sites for hydroxylation is 1. The van der Waals surface area contributed by atoms with Gasteiger partial charge in [0.05, 0.1) is 11.6 Å². The van der Waals surface area contributed by atoms with Gasteiger partial charge in [-0.1, -0.05) is 6.07 Å². The van der Waals surface area contributed by atoms with Crippen LogP contribution in [0.2, 0.25) is 0 Å². The summed E-state index contributed by atoms with van der Waals surface area (Å²) in [6.07, 6.45) is 3.22. The molecule has 96 valence electrons. The molecule has 0 saturated carbocycles. The molecule has 0 spiro atoms. The molecule has 1 atom stereocenters. The van der Waals surface area contributed by atoms with Crippen molar-refractivity contribution in [3.8, 4) is 0 Å². The first-order valence-electron chi connectivity index (χ1n) is 6.20. The van der Waals surface area contributed by atoms with Crippen molar-refractivity contribution in [1.82, 2.24) is 4.98 Å². The van der Waals surface area contributed by atoms with Gasteiger partial charge in [-0.2, -0.15) is 0 Å². The van der Waals surface area contributed by atoms with Crippen LogP contribution in [-0.4, -0.2) is 10.8 Å². The van der Waals surface area contributed by atoms with Crippen molar-refractivity contribution in [2.24, 2.45) is 0 Å². The van der Waals surface area contributed by atoms with Crippen LogP contribution < -0.4 is 5.73 Å². The van der Waals surface area contributed by atoms with Crippen LogP contribution in [0, 0.1) is 5.82 Å². The van der Waals surface area contributed by atoms with Crippen molar-refractivity contribution in [3.05, 3.63) is 59.2 Å². The van der Waals surface area contributed by atoms with Crippen molar-refractivity contribution in [3.63, 3.8) is 0 Å². The summed E-state index contributed by atoms with van der Waals surface area (Å²) in [7, 11) is 0. The van der Waals surface area contributed by atoms with E-state index in [-0.39, 0.29) is 17.3 Å². The van der Waals surface area contributed by atoms with Crippen LogP contribution in [0.25, 0.3) is 0 Å². The molecule has 1 aromatic heterocycles. The van der Waals surface area contributed by atoms with Gasteiger partial charge in [-0.3, -0.25) is 9.78 Å². The first kappa shape index (κ1) is 11.8. The minimum atomic E-state index is -0.447. The van der Waals surface area contributed by atoms with Gasteiger partial charge in [0, 0.05) is 17.4 Å². The number of nitrogens with two attached hydrogens (primary N) is 1. The Morgan fingerprint density at radius 3 is 3.05 bits per heavy atom. The molecule has 1 aliphatic carbocycles. The fourth-order valence-corrected chi connectivity index (χ4v) is 2.60. The van der Waals surface area contributed by atoms with Gasteiger partial charge in [-0.15, -0.1) is 0 Å². The van der Waals surface area contributed by atoms with Crippen LogP contribution in [0.1, 0.15) is 34.0 Å². The lowest BCUT2D eigenvalue weighted by molar-refractivity contribution is 0.0958. The summed E-state index contributed by atoms with van der Waals surface area (Å²) >= 11 is 0. The molecule has 1 aliphatic rings. The predicted octanol–water partition coefficient (Wildman–Crippen LogP) is 2.72. The SMILES string of the molecule is Nc1ccc(F)cc1C(=O)C1CCc2cccnc21. The largest absolute Gasteiger partial charge is 0.398 e. The molecule has 19 heavy (non-hydrogen) atoms. The Labute approximate surface area is 110 Å². The van der Waals surface area contributed by atoms with Crippen molar-refractivity contribution in [1.29, 1.82) is 0 Å². The van der Waals surface area contributed by atoms with Crippen molar-refractivity contribution in [2.75, 3.05) is 5.73 Å². The number of Topliss-reactive ketones (excluding diaryl/α,β-unsaturated/α-hetero) is 1. The number of ketones is 1. The quantitative estimate of drug-likeness (QED) is 0.664. The molecule has 0 bridgehead atoms. The number of anilines is 1. The highest BCUT2D eigenvalue weighted by molar-refractivity contribution is 6.05. The molecule has 0 aliphatic heterocycles. The van der Waals surface area contributed by atoms with E-state index < -0.39 is 5.82 Å². The summed E-state index contributed by atoms with van der Waals surface area (Å²) in [5.41, 5.74) is 8.23. The molecule has 3 nitrogen and oxygen atoms in total. The maximum absolute atomic E-state index is 13.3. The average Bonchev–Trinajstić information content (AvgIpc) is 2.84. The smallest absolute Gasteiger partial charge is 0.174 e. The van der Waals surface area contributed by atoms with Gasteiger partial charge in [0.1, 0.15) is 5.82 Å². The van der Waals surface area contributed by atoms with Crippen LogP contribution in [0.15, 0.2) is 36.5 Å². The molecule has 0 radical (unpaired) electrons. The van der Waals surface area contributed by atoms with Crippen molar-refractivity contribution in [2.45, 2.75) is 18.8 Å². The van der Waals surface area contributed by atoms with E-state index in [1.165, 1.54) is 18.2 Å². The van der Waals surface area contributed by atoms with Crippen LogP contribution >= 0.6 is 0 Å². The lowest BCUT2D eigenvalue weighted by Gasteiger charge is -2.11. The first-order chi connectivity index (χ1) is 9.16. The molecule has 0 fully saturated rings. The van der Waals surface area contributed by atoms with Crippen LogP contribution in [0.4, 0.5) is 10.1 Å². The fraction of sp³-hybridized carbons (Fsp3) is 0.200. The second-order valence-electron chi connectivity index (χ2n) is 4.73. The van der Waals surface area contributed by atoms with E-state index in [9.17, 15) is 9.18 Å². The number of nitrogens with zero attached hydrogens (tertiary/aromatic N) is 1. The van der Waals surface area contributed by atoms with E-state index in [1.807, 2.05) is 12.1 Å². The number of benzene rings is 1. The summed E-state index contributed by atoms with van der Waals surface area (Å²) < 4.78 is 13.3. The zero-order valence-electron chi connectivity index (χ0n) is 10.3. The second kappa shape index (κ2) is 4.46. The molecule has 1 heterocycles. The number of hydrogen-bond acceptors (Lipinski definition) is 3. The van der Waals surface area contributed by atoms with E-state index in [2.05, 4.69) is 4.98 Å². The molecule has 3 rings (SSSR count). The van der Waals surface area contributed by atoms with Crippen LogP contribution in [0.3, 0.4) is 0 Å². The Morgan fingerprint density at radius 2 is 2.21 bits per heavy atom. The zero-order valence-corrected chi connectivity index (χ0v) is 10.3. The van der Waals surface area contributed by atoms with E-state index in [1.54, 1.807) is 6.20 Å². The molecule has 2 aromatic rings. The Balaban J connectivity index is 2.00. The third kappa shape index (κ3) is 1.99. The second-order valence-corrected chi connectivity index (χ2v) is 4.73. The highest BCUT2D eigenvalue weighted by atomic mass is 19.1. The topological polar surface area (TPSA) is 56.0 Å². The maximum atomic E-state index is 13.3. The molecule has 4 heteroatoms. The van der Waals surface area contributed by atoms with Gasteiger partial charge in [0.25, 0.3) is 0 Å². The Bertz CT molecular complexity index is 654. The molecule has 0 amide bonds. The highest BCUT2D eigenvalue weighted by Gasteiger charge is 2.31. The molecule has 1 unspecified atom stereocenters. The lowest BCUT2D eigenvalue weighted by Crippen LogP contribution is -2.13. The first-order valence-corrected chi connectivity index (χ1v) is 6.20. The summed E-state index contributed by atoms with van der Waals surface area (Å²) in [6, 6.07) is 7.73. The summed E-state index contributed by atoms with van der Waals surface area (Å²) in [5.74, 6) is -0.897. The number of fused-ring (bicyclic) bond motifs is 1. The third-order valence-corrected chi connectivity index (χ3v) is 3.56. The number of hydrogen-bond donors (Lipinski definition) is 1. The van der Waals surface area contributed by atoms with Crippen LogP contribution in [-0.2, 0) is 6.42 Å². The van der Waals surface area contributed by atoms with E-state index in [0.29, 0.717) is 12.1 Å². The minimum Gasteiger partial charge on any atom is -0.398 e. The van der Waals surface area contributed by atoms with Gasteiger partial charge >= 0.3 is 0 Å². The number of carbonyl (C=O) groups excluding carboxylic acids is 1. The average molecular weight is 256 g/mol. The molecule has 1 aromatic carbocycles. The van der Waals surface area contributed by atoms with Gasteiger partial charge in [0.2, 0.25) is 0 Å². The maximum Gasteiger partial charge on any atom is 0.174 e. The number of pyridine rings is 1. The fourth-order valence-electron chi connectivity index (χ4n) is 2.60. The van der Waals surface area contributed by atoms with Crippen LogP contribution in [0.5, 0.6) is 0 Å². The molecular formula is C15H13FN2O. The van der Waals surface area contributed by atoms with Crippen molar-refractivity contribution >= 4 is 11.5 Å². The van der Waals surface area contributed by atoms with Gasteiger partial charge in [0.15, 0.2) is 5.78 Å².